The van der Waals surface area contributed by atoms with Crippen LogP contribution >= 0.6 is 15.9 Å². The van der Waals surface area contributed by atoms with E-state index < -0.39 is 5.60 Å². The second-order valence-corrected chi connectivity index (χ2v) is 6.39. The number of nitrogens with zero attached hydrogens (tertiary/aromatic N) is 1. The maximum Gasteiger partial charge on any atom is 0.410 e. The molecule has 1 aromatic carbocycles. The summed E-state index contributed by atoms with van der Waals surface area (Å²) in [6, 6.07) is 6.11. The van der Waals surface area contributed by atoms with E-state index in [0.29, 0.717) is 6.54 Å². The Morgan fingerprint density at radius 1 is 1.33 bits per heavy atom. The third-order valence-corrected chi connectivity index (χ3v) is 2.68. The highest BCUT2D eigenvalue weighted by Crippen LogP contribution is 2.17. The van der Waals surface area contributed by atoms with E-state index >= 15 is 0 Å². The smallest absolute Gasteiger partial charge is 0.410 e. The van der Waals surface area contributed by atoms with E-state index in [2.05, 4.69) is 22.0 Å². The minimum Gasteiger partial charge on any atom is -0.444 e. The molecule has 1 rings (SSSR count). The van der Waals surface area contributed by atoms with Gasteiger partial charge in [0.05, 0.1) is 0 Å². The molecule has 0 radical (unpaired) electrons. The first-order chi connectivity index (χ1) is 8.17. The number of hydrogen-bond donors (Lipinski definition) is 0. The molecular weight excluding hydrogens is 294 g/mol. The number of ether oxygens (including phenoxy) is 1. The molecule has 0 aliphatic carbocycles. The van der Waals surface area contributed by atoms with Gasteiger partial charge in [-0.2, -0.15) is 0 Å². The maximum absolute atomic E-state index is 11.8. The fraction of sp³-hybridized carbons (Fsp3) is 0.500. The molecule has 4 heteroatoms. The molecule has 0 aromatic heterocycles. The SMILES string of the molecule is Cc1cc(Br)cc(CN(C)C(=O)OC(C)(C)C)c1. The van der Waals surface area contributed by atoms with Crippen LogP contribution in [0.3, 0.4) is 0 Å². The van der Waals surface area contributed by atoms with Gasteiger partial charge < -0.3 is 9.64 Å². The second kappa shape index (κ2) is 5.74. The van der Waals surface area contributed by atoms with Gasteiger partial charge in [0.15, 0.2) is 0 Å². The molecule has 1 aromatic rings. The van der Waals surface area contributed by atoms with Crippen molar-refractivity contribution in [3.8, 4) is 0 Å². The van der Waals surface area contributed by atoms with Gasteiger partial charge in [0.2, 0.25) is 0 Å². The summed E-state index contributed by atoms with van der Waals surface area (Å²) >= 11 is 3.45. The van der Waals surface area contributed by atoms with Crippen LogP contribution in [0, 0.1) is 6.92 Å². The van der Waals surface area contributed by atoms with Crippen molar-refractivity contribution in [3.05, 3.63) is 33.8 Å². The first-order valence-corrected chi connectivity index (χ1v) is 6.67. The van der Waals surface area contributed by atoms with Crippen molar-refractivity contribution in [1.29, 1.82) is 0 Å². The normalized spacial score (nSPS) is 11.2. The van der Waals surface area contributed by atoms with Crippen molar-refractivity contribution in [2.75, 3.05) is 7.05 Å². The average Bonchev–Trinajstić information content (AvgIpc) is 2.12. The topological polar surface area (TPSA) is 29.5 Å². The summed E-state index contributed by atoms with van der Waals surface area (Å²) in [7, 11) is 1.74. The molecule has 0 spiro atoms. The molecule has 100 valence electrons. The predicted molar refractivity (Wildman–Crippen MR) is 76.6 cm³/mol. The third-order valence-electron chi connectivity index (χ3n) is 2.23. The molecule has 3 nitrogen and oxygen atoms in total. The van der Waals surface area contributed by atoms with Crippen molar-refractivity contribution in [1.82, 2.24) is 4.90 Å². The summed E-state index contributed by atoms with van der Waals surface area (Å²) < 4.78 is 6.33. The van der Waals surface area contributed by atoms with Gasteiger partial charge in [-0.3, -0.25) is 0 Å². The number of benzene rings is 1. The Morgan fingerprint density at radius 2 is 1.94 bits per heavy atom. The van der Waals surface area contributed by atoms with Crippen molar-refractivity contribution < 1.29 is 9.53 Å². The van der Waals surface area contributed by atoms with Crippen LogP contribution in [0.2, 0.25) is 0 Å². The van der Waals surface area contributed by atoms with Crippen molar-refractivity contribution in [3.63, 3.8) is 0 Å². The molecule has 0 saturated heterocycles. The van der Waals surface area contributed by atoms with Crippen LogP contribution in [0.4, 0.5) is 4.79 Å². The minimum atomic E-state index is -0.460. The van der Waals surface area contributed by atoms with Crippen molar-refractivity contribution in [2.45, 2.75) is 39.8 Å². The van der Waals surface area contributed by atoms with Crippen LogP contribution in [-0.4, -0.2) is 23.6 Å². The van der Waals surface area contributed by atoms with E-state index in [1.54, 1.807) is 11.9 Å². The molecule has 0 atom stereocenters. The summed E-state index contributed by atoms with van der Waals surface area (Å²) in [6.07, 6.45) is -0.305. The highest BCUT2D eigenvalue weighted by molar-refractivity contribution is 9.10. The Morgan fingerprint density at radius 3 is 2.44 bits per heavy atom. The summed E-state index contributed by atoms with van der Waals surface area (Å²) in [5.41, 5.74) is 1.78. The Kier molecular flexibility index (Phi) is 4.79. The monoisotopic (exact) mass is 313 g/mol. The first-order valence-electron chi connectivity index (χ1n) is 5.87. The Balaban J connectivity index is 2.69. The zero-order valence-corrected chi connectivity index (χ0v) is 13.2. The number of rotatable bonds is 2. The van der Waals surface area contributed by atoms with Crippen LogP contribution < -0.4 is 0 Å². The van der Waals surface area contributed by atoms with Gasteiger partial charge in [-0.05, 0) is 51.0 Å². The van der Waals surface area contributed by atoms with E-state index in [-0.39, 0.29) is 6.09 Å². The molecule has 0 bridgehead atoms. The number of carbonyl (C=O) groups is 1. The largest absolute Gasteiger partial charge is 0.444 e. The lowest BCUT2D eigenvalue weighted by Crippen LogP contribution is -2.33. The van der Waals surface area contributed by atoms with E-state index in [0.717, 1.165) is 15.6 Å². The highest BCUT2D eigenvalue weighted by atomic mass is 79.9. The van der Waals surface area contributed by atoms with Crippen LogP contribution in [0.25, 0.3) is 0 Å². The second-order valence-electron chi connectivity index (χ2n) is 5.47. The highest BCUT2D eigenvalue weighted by Gasteiger charge is 2.19. The van der Waals surface area contributed by atoms with E-state index in [1.165, 1.54) is 0 Å². The summed E-state index contributed by atoms with van der Waals surface area (Å²) in [5, 5.41) is 0. The van der Waals surface area contributed by atoms with Crippen LogP contribution in [0.15, 0.2) is 22.7 Å². The average molecular weight is 314 g/mol. The van der Waals surface area contributed by atoms with Gasteiger partial charge in [0.25, 0.3) is 0 Å². The molecule has 0 unspecified atom stereocenters. The lowest BCUT2D eigenvalue weighted by atomic mass is 10.1. The molecule has 0 N–H and O–H groups in total. The summed E-state index contributed by atoms with van der Waals surface area (Å²) in [5.74, 6) is 0. The molecule has 0 saturated carbocycles. The third kappa shape index (κ3) is 5.08. The Labute approximate surface area is 117 Å². The Hall–Kier alpha value is -1.03. The summed E-state index contributed by atoms with van der Waals surface area (Å²) in [6.45, 7) is 8.16. The Bertz CT molecular complexity index is 418. The lowest BCUT2D eigenvalue weighted by molar-refractivity contribution is 0.0285. The number of aryl methyl sites for hydroxylation is 1. The van der Waals surface area contributed by atoms with Gasteiger partial charge in [0, 0.05) is 18.1 Å². The van der Waals surface area contributed by atoms with Gasteiger partial charge in [-0.1, -0.05) is 22.0 Å². The van der Waals surface area contributed by atoms with E-state index in [4.69, 9.17) is 4.74 Å². The van der Waals surface area contributed by atoms with Crippen LogP contribution in [0.5, 0.6) is 0 Å². The fourth-order valence-electron chi connectivity index (χ4n) is 1.58. The molecular formula is C14H20BrNO2. The lowest BCUT2D eigenvalue weighted by Gasteiger charge is -2.24. The van der Waals surface area contributed by atoms with Crippen LogP contribution in [0.1, 0.15) is 31.9 Å². The zero-order chi connectivity index (χ0) is 13.9. The van der Waals surface area contributed by atoms with Gasteiger partial charge in [-0.25, -0.2) is 4.79 Å². The van der Waals surface area contributed by atoms with E-state index in [9.17, 15) is 4.79 Å². The number of halogens is 1. The maximum atomic E-state index is 11.8. The number of amides is 1. The number of carbonyl (C=O) groups excluding carboxylic acids is 1. The summed E-state index contributed by atoms with van der Waals surface area (Å²) in [4.78, 5) is 13.4. The molecule has 0 heterocycles. The molecule has 18 heavy (non-hydrogen) atoms. The zero-order valence-electron chi connectivity index (χ0n) is 11.6. The van der Waals surface area contributed by atoms with Crippen molar-refractivity contribution >= 4 is 22.0 Å². The van der Waals surface area contributed by atoms with E-state index in [1.807, 2.05) is 39.8 Å². The van der Waals surface area contributed by atoms with Crippen LogP contribution in [-0.2, 0) is 11.3 Å². The molecule has 0 aliphatic rings. The van der Waals surface area contributed by atoms with Gasteiger partial charge in [0.1, 0.15) is 5.60 Å². The predicted octanol–water partition coefficient (Wildman–Crippen LogP) is 4.12. The minimum absolute atomic E-state index is 0.305. The fourth-order valence-corrected chi connectivity index (χ4v) is 2.24. The standard InChI is InChI=1S/C14H20BrNO2/c1-10-6-11(8-12(15)7-10)9-16(5)13(17)18-14(2,3)4/h6-8H,9H2,1-5H3. The molecule has 1 amide bonds. The molecule has 0 aliphatic heterocycles. The molecule has 0 fully saturated rings. The quantitative estimate of drug-likeness (QED) is 0.821. The van der Waals surface area contributed by atoms with Gasteiger partial charge >= 0.3 is 6.09 Å². The van der Waals surface area contributed by atoms with Gasteiger partial charge in [-0.15, -0.1) is 0 Å². The first kappa shape index (κ1) is 15.0. The van der Waals surface area contributed by atoms with Crippen molar-refractivity contribution in [2.24, 2.45) is 0 Å². The number of hydrogen-bond acceptors (Lipinski definition) is 2.